The van der Waals surface area contributed by atoms with Gasteiger partial charge in [-0.15, -0.1) is 12.4 Å². The molecule has 0 bridgehead atoms. The van der Waals surface area contributed by atoms with Crippen LogP contribution in [0.4, 0.5) is 0 Å². The average molecular weight is 418 g/mol. The van der Waals surface area contributed by atoms with Gasteiger partial charge in [-0.2, -0.15) is 0 Å². The fourth-order valence-electron chi connectivity index (χ4n) is 3.08. The number of halogens is 2. The molecule has 2 aromatic rings. The summed E-state index contributed by atoms with van der Waals surface area (Å²) in [5.41, 5.74) is 1.03. The first-order valence-corrected chi connectivity index (χ1v) is 8.62. The lowest BCUT2D eigenvalue weighted by Crippen LogP contribution is -2.41. The van der Waals surface area contributed by atoms with Crippen LogP contribution in [0.15, 0.2) is 24.3 Å². The summed E-state index contributed by atoms with van der Waals surface area (Å²) in [7, 11) is 0. The van der Waals surface area contributed by atoms with Crippen LogP contribution in [0.25, 0.3) is 10.9 Å². The topological polar surface area (TPSA) is 54.7 Å². The van der Waals surface area contributed by atoms with Crippen molar-refractivity contribution in [2.24, 2.45) is 0 Å². The van der Waals surface area contributed by atoms with Gasteiger partial charge >= 0.3 is 5.97 Å². The average Bonchev–Trinajstić information content (AvgIpc) is 2.84. The Bertz CT molecular complexity index is 724. The molecular weight excluding hydrogens is 396 g/mol. The second-order valence-corrected chi connectivity index (χ2v) is 6.99. The second-order valence-electron chi connectivity index (χ2n) is 6.28. The van der Waals surface area contributed by atoms with Crippen molar-refractivity contribution in [1.82, 2.24) is 8.49 Å². The van der Waals surface area contributed by atoms with Gasteiger partial charge in [0.05, 0.1) is 21.7 Å². The number of nitrogens with zero attached hydrogens (tertiary/aromatic N) is 2. The summed E-state index contributed by atoms with van der Waals surface area (Å²) in [6.45, 7) is 6.57. The fourth-order valence-corrected chi connectivity index (χ4v) is 3.66. The molecule has 1 N–H and O–H groups in total. The number of benzene rings is 1. The molecule has 0 saturated carbocycles. The Morgan fingerprint density at radius 2 is 1.96 bits per heavy atom. The molecule has 0 spiro atoms. The number of piperidine rings is 1. The molecule has 1 aliphatic rings. The van der Waals surface area contributed by atoms with Crippen LogP contribution >= 0.6 is 28.6 Å². The van der Waals surface area contributed by atoms with E-state index in [-0.39, 0.29) is 24.2 Å². The molecule has 1 aliphatic heterocycles. The number of hydrogen-bond acceptors (Lipinski definition) is 3. The monoisotopic (exact) mass is 416 g/mol. The molecule has 0 unspecified atom stereocenters. The molecule has 132 valence electrons. The zero-order valence-corrected chi connectivity index (χ0v) is 16.1. The molecule has 1 aromatic heterocycles. The van der Waals surface area contributed by atoms with Crippen molar-refractivity contribution in [3.05, 3.63) is 30.0 Å². The van der Waals surface area contributed by atoms with Crippen LogP contribution in [0.1, 0.15) is 37.2 Å². The van der Waals surface area contributed by atoms with Crippen LogP contribution < -0.4 is 4.74 Å². The number of rotatable bonds is 4. The first-order chi connectivity index (χ1) is 11.0. The van der Waals surface area contributed by atoms with Crippen molar-refractivity contribution in [2.75, 3.05) is 13.1 Å². The molecule has 0 amide bonds. The van der Waals surface area contributed by atoms with Crippen LogP contribution in [0.2, 0.25) is 0 Å². The van der Waals surface area contributed by atoms with Gasteiger partial charge in [-0.3, -0.25) is 3.59 Å². The molecular formula is C17H22BrClN2O3. The maximum absolute atomic E-state index is 11.2. The van der Waals surface area contributed by atoms with Gasteiger partial charge in [0.1, 0.15) is 17.5 Å². The van der Waals surface area contributed by atoms with Gasteiger partial charge in [0, 0.05) is 24.5 Å². The Morgan fingerprint density at radius 1 is 1.29 bits per heavy atom. The van der Waals surface area contributed by atoms with E-state index in [0.717, 1.165) is 42.6 Å². The van der Waals surface area contributed by atoms with E-state index in [1.165, 1.54) is 3.59 Å². The number of fused-ring (bicyclic) bond motifs is 1. The fraction of sp³-hybridized carbons (Fsp3) is 0.471. The number of carboxylic acid groups (broad SMARTS) is 1. The third kappa shape index (κ3) is 3.87. The molecule has 1 fully saturated rings. The highest BCUT2D eigenvalue weighted by molar-refractivity contribution is 9.08. The van der Waals surface area contributed by atoms with Crippen LogP contribution in [-0.2, 0) is 0 Å². The summed E-state index contributed by atoms with van der Waals surface area (Å²) in [6.07, 6.45) is 2.28. The normalized spacial score (nSPS) is 16.3. The quantitative estimate of drug-likeness (QED) is 0.811. The zero-order chi connectivity index (χ0) is 16.6. The van der Waals surface area contributed by atoms with Crippen LogP contribution in [-0.4, -0.2) is 44.8 Å². The van der Waals surface area contributed by atoms with E-state index >= 15 is 0 Å². The van der Waals surface area contributed by atoms with Gasteiger partial charge in [-0.05, 0) is 51.0 Å². The molecule has 7 heteroatoms. The van der Waals surface area contributed by atoms with Crippen LogP contribution in [0, 0.1) is 0 Å². The zero-order valence-electron chi connectivity index (χ0n) is 13.7. The maximum Gasteiger partial charge on any atom is 0.353 e. The van der Waals surface area contributed by atoms with E-state index < -0.39 is 5.97 Å². The van der Waals surface area contributed by atoms with E-state index in [4.69, 9.17) is 4.74 Å². The molecule has 5 nitrogen and oxygen atoms in total. The second kappa shape index (κ2) is 7.76. The number of carboxylic acids is 1. The third-order valence-corrected chi connectivity index (χ3v) is 5.21. The number of aromatic carboxylic acids is 1. The van der Waals surface area contributed by atoms with Crippen molar-refractivity contribution >= 4 is 45.4 Å². The highest BCUT2D eigenvalue weighted by Crippen LogP contribution is 2.28. The summed E-state index contributed by atoms with van der Waals surface area (Å²) >= 11 is 3.29. The lowest BCUT2D eigenvalue weighted by molar-refractivity contribution is 0.0690. The smallest absolute Gasteiger partial charge is 0.353 e. The predicted molar refractivity (Wildman–Crippen MR) is 101 cm³/mol. The number of aromatic nitrogens is 1. The summed E-state index contributed by atoms with van der Waals surface area (Å²) in [5.74, 6) is -0.155. The molecule has 24 heavy (non-hydrogen) atoms. The predicted octanol–water partition coefficient (Wildman–Crippen LogP) is 4.17. The van der Waals surface area contributed by atoms with E-state index in [2.05, 4.69) is 34.9 Å². The van der Waals surface area contributed by atoms with Crippen molar-refractivity contribution in [2.45, 2.75) is 38.8 Å². The minimum absolute atomic E-state index is 0. The number of hydrogen-bond donors (Lipinski definition) is 1. The number of likely N-dealkylation sites (tertiary alicyclic amines) is 1. The summed E-state index contributed by atoms with van der Waals surface area (Å²) < 4.78 is 7.61. The summed E-state index contributed by atoms with van der Waals surface area (Å²) in [4.78, 5) is 13.7. The number of carbonyl (C=O) groups is 1. The van der Waals surface area contributed by atoms with Crippen molar-refractivity contribution in [3.63, 3.8) is 0 Å². The van der Waals surface area contributed by atoms with Crippen molar-refractivity contribution in [3.8, 4) is 5.75 Å². The summed E-state index contributed by atoms with van der Waals surface area (Å²) in [5, 5.41) is 10.0. The standard InChI is InChI=1S/C17H21BrN2O3.ClH/c1-11(2)19-7-5-13(6-8-19)23-14-3-4-15-12(9-14)10-16(17(21)22)20(15)18;/h3-4,9-11,13H,5-8H2,1-2H3,(H,21,22);1H. The molecule has 0 atom stereocenters. The van der Waals surface area contributed by atoms with Gasteiger partial charge in [0.25, 0.3) is 0 Å². The lowest BCUT2D eigenvalue weighted by Gasteiger charge is -2.34. The molecule has 2 heterocycles. The minimum atomic E-state index is -0.957. The molecule has 0 radical (unpaired) electrons. The van der Waals surface area contributed by atoms with Crippen LogP contribution in [0.5, 0.6) is 5.75 Å². The molecule has 1 saturated heterocycles. The highest BCUT2D eigenvalue weighted by Gasteiger charge is 2.22. The first kappa shape index (κ1) is 19.1. The van der Waals surface area contributed by atoms with E-state index in [1.807, 2.05) is 18.2 Å². The SMILES string of the molecule is CC(C)N1CCC(Oc2ccc3c(c2)cc(C(=O)O)n3Br)CC1.Cl. The first-order valence-electron chi connectivity index (χ1n) is 7.91. The Hall–Kier alpha value is -1.24. The molecule has 1 aromatic carbocycles. The van der Waals surface area contributed by atoms with E-state index in [1.54, 1.807) is 6.07 Å². The Kier molecular flexibility index (Phi) is 6.17. The Balaban J connectivity index is 0.00000208. The molecule has 0 aliphatic carbocycles. The summed E-state index contributed by atoms with van der Waals surface area (Å²) in [6, 6.07) is 7.94. The Labute approximate surface area is 156 Å². The van der Waals surface area contributed by atoms with E-state index in [0.29, 0.717) is 6.04 Å². The largest absolute Gasteiger partial charge is 0.490 e. The van der Waals surface area contributed by atoms with Gasteiger partial charge in [-0.1, -0.05) is 0 Å². The molecule has 3 rings (SSSR count). The minimum Gasteiger partial charge on any atom is -0.490 e. The third-order valence-electron chi connectivity index (χ3n) is 4.44. The van der Waals surface area contributed by atoms with Crippen LogP contribution in [0.3, 0.4) is 0 Å². The number of ether oxygens (including phenoxy) is 1. The Morgan fingerprint density at radius 3 is 2.54 bits per heavy atom. The van der Waals surface area contributed by atoms with Gasteiger partial charge in [-0.25, -0.2) is 4.79 Å². The van der Waals surface area contributed by atoms with Gasteiger partial charge in [0.2, 0.25) is 0 Å². The van der Waals surface area contributed by atoms with E-state index in [9.17, 15) is 9.90 Å². The lowest BCUT2D eigenvalue weighted by atomic mass is 10.1. The highest BCUT2D eigenvalue weighted by atomic mass is 79.9. The van der Waals surface area contributed by atoms with Gasteiger partial charge < -0.3 is 14.7 Å². The van der Waals surface area contributed by atoms with Crippen molar-refractivity contribution < 1.29 is 14.6 Å². The van der Waals surface area contributed by atoms with Crippen molar-refractivity contribution in [1.29, 1.82) is 0 Å². The maximum atomic E-state index is 11.2. The van der Waals surface area contributed by atoms with Gasteiger partial charge in [0.15, 0.2) is 0 Å².